The summed E-state index contributed by atoms with van der Waals surface area (Å²) >= 11 is 0. The van der Waals surface area contributed by atoms with Crippen LogP contribution in [-0.4, -0.2) is 16.1 Å². The average molecular weight is 1020 g/mol. The molecule has 2 aliphatic carbocycles. The van der Waals surface area contributed by atoms with Gasteiger partial charge in [-0.1, -0.05) is 234 Å². The van der Waals surface area contributed by atoms with Crippen LogP contribution in [-0.2, 0) is 10.8 Å². The van der Waals surface area contributed by atoms with Crippen molar-refractivity contribution in [2.24, 2.45) is 0 Å². The number of benzene rings is 9. The van der Waals surface area contributed by atoms with Crippen molar-refractivity contribution in [3.8, 4) is 22.3 Å². The Morgan fingerprint density at radius 3 is 0.855 bits per heavy atom. The highest BCUT2D eigenvalue weighted by Crippen LogP contribution is 2.53. The van der Waals surface area contributed by atoms with Gasteiger partial charge in [-0.2, -0.15) is 0 Å². The van der Waals surface area contributed by atoms with E-state index in [9.17, 15) is 0 Å². The van der Waals surface area contributed by atoms with Gasteiger partial charge in [-0.25, -0.2) is 0 Å². The van der Waals surface area contributed by atoms with Gasteiger partial charge in [0.1, 0.15) is 0 Å². The van der Waals surface area contributed by atoms with Crippen molar-refractivity contribution in [2.45, 2.75) is 91.7 Å². The number of hydrogen-bond acceptors (Lipinski definition) is 2. The van der Waals surface area contributed by atoms with E-state index in [4.69, 9.17) is 0 Å². The molecule has 0 saturated heterocycles. The van der Waals surface area contributed by atoms with E-state index >= 15 is 0 Å². The summed E-state index contributed by atoms with van der Waals surface area (Å²) in [5.74, 6) is 0. The molecule has 76 heavy (non-hydrogen) atoms. The number of rotatable bonds is 12. The maximum atomic E-state index is 2.43. The molecule has 0 aliphatic heterocycles. The van der Waals surface area contributed by atoms with Crippen molar-refractivity contribution < 1.29 is 0 Å². The molecule has 378 valence electrons. The zero-order valence-electron chi connectivity index (χ0n) is 46.7. The molecule has 0 aromatic heterocycles. The minimum Gasteiger partial charge on any atom is -0.310 e. The Balaban J connectivity index is 0.796. The first-order valence-corrected chi connectivity index (χ1v) is 34.2. The largest absolute Gasteiger partial charge is 0.310 e. The van der Waals surface area contributed by atoms with Crippen LogP contribution in [0.5, 0.6) is 0 Å². The zero-order chi connectivity index (χ0) is 53.3. The van der Waals surface area contributed by atoms with Crippen molar-refractivity contribution in [3.05, 3.63) is 250 Å². The minimum absolute atomic E-state index is 0.161. The second kappa shape index (κ2) is 19.3. The van der Waals surface area contributed by atoms with Gasteiger partial charge >= 0.3 is 0 Å². The van der Waals surface area contributed by atoms with Gasteiger partial charge in [0.25, 0.3) is 0 Å². The molecule has 0 amide bonds. The standard InChI is InChI=1S/C72H72N2Si2/c1-49-13-27-55(28-14-49)73(57-31-37-61(38-32-57)75(7,8)9)59-35-43-65-63-41-25-53(45-67(63)71(3,4)69(65)47-59)23-21-51-17-19-52(20-18-51)22-24-54-26-42-64-66-44-36-60(48-70(66)72(5,6)68(64)46-54)74(56-29-15-50(2)16-30-56)58-33-39-62(40-34-58)76(10,11)12/h13-48H,1-12H3. The summed E-state index contributed by atoms with van der Waals surface area (Å²) in [5.41, 5.74) is 24.8. The molecule has 9 aromatic rings. The molecule has 0 heterocycles. The van der Waals surface area contributed by atoms with Crippen molar-refractivity contribution in [2.75, 3.05) is 9.80 Å². The lowest BCUT2D eigenvalue weighted by molar-refractivity contribution is 0.660. The highest BCUT2D eigenvalue weighted by molar-refractivity contribution is 6.89. The Morgan fingerprint density at radius 1 is 0.289 bits per heavy atom. The highest BCUT2D eigenvalue weighted by Gasteiger charge is 2.38. The second-order valence-corrected chi connectivity index (χ2v) is 34.7. The Bertz CT molecular complexity index is 3450. The van der Waals surface area contributed by atoms with Gasteiger partial charge in [0.05, 0.1) is 16.1 Å². The molecule has 0 spiro atoms. The Morgan fingerprint density at radius 2 is 0.539 bits per heavy atom. The normalized spacial score (nSPS) is 14.2. The first-order valence-electron chi connectivity index (χ1n) is 27.2. The Hall–Kier alpha value is -7.51. The lowest BCUT2D eigenvalue weighted by atomic mass is 9.81. The van der Waals surface area contributed by atoms with E-state index in [1.54, 1.807) is 0 Å². The maximum absolute atomic E-state index is 2.43. The highest BCUT2D eigenvalue weighted by atomic mass is 28.3. The number of anilines is 6. The summed E-state index contributed by atoms with van der Waals surface area (Å²) in [6.07, 6.45) is 9.01. The average Bonchev–Trinajstić information content (AvgIpc) is 3.92. The minimum atomic E-state index is -1.43. The fourth-order valence-corrected chi connectivity index (χ4v) is 13.9. The summed E-state index contributed by atoms with van der Waals surface area (Å²) in [5, 5.41) is 2.94. The van der Waals surface area contributed by atoms with Crippen LogP contribution in [0.4, 0.5) is 34.1 Å². The maximum Gasteiger partial charge on any atom is 0.0775 e. The van der Waals surface area contributed by atoms with Crippen LogP contribution in [0.3, 0.4) is 0 Å². The SMILES string of the molecule is Cc1ccc(N(c2ccc([Si](C)(C)C)cc2)c2ccc3c(c2)C(C)(C)c2cc(C=Cc4ccc(C=Cc5ccc6c(c5)C(C)(C)c5cc(N(c7ccc(C)cc7)c7ccc([Si](C)(C)C)cc7)ccc5-6)cc4)ccc2-3)cc1. The van der Waals surface area contributed by atoms with Gasteiger partial charge in [-0.05, 0) is 153 Å². The van der Waals surface area contributed by atoms with Gasteiger partial charge < -0.3 is 9.80 Å². The van der Waals surface area contributed by atoms with Gasteiger partial charge in [-0.15, -0.1) is 0 Å². The fourth-order valence-electron chi connectivity index (χ4n) is 11.6. The van der Waals surface area contributed by atoms with Crippen LogP contribution in [0.25, 0.3) is 46.6 Å². The van der Waals surface area contributed by atoms with E-state index in [1.165, 1.54) is 122 Å². The van der Waals surface area contributed by atoms with Gasteiger partial charge in [0.2, 0.25) is 0 Å². The molecule has 11 rings (SSSR count). The number of aryl methyl sites for hydroxylation is 2. The molecule has 0 radical (unpaired) electrons. The molecule has 2 nitrogen and oxygen atoms in total. The van der Waals surface area contributed by atoms with E-state index in [-0.39, 0.29) is 10.8 Å². The Labute approximate surface area is 455 Å². The van der Waals surface area contributed by atoms with Gasteiger partial charge in [0.15, 0.2) is 0 Å². The van der Waals surface area contributed by atoms with Crippen molar-refractivity contribution in [3.63, 3.8) is 0 Å². The van der Waals surface area contributed by atoms with Crippen LogP contribution in [0.2, 0.25) is 39.3 Å². The zero-order valence-corrected chi connectivity index (χ0v) is 48.7. The lowest BCUT2D eigenvalue weighted by Crippen LogP contribution is -2.37. The van der Waals surface area contributed by atoms with Gasteiger partial charge in [0, 0.05) is 45.0 Å². The summed E-state index contributed by atoms with van der Waals surface area (Å²) < 4.78 is 0. The summed E-state index contributed by atoms with van der Waals surface area (Å²) in [6, 6.07) is 73.5. The van der Waals surface area contributed by atoms with Crippen LogP contribution in [0.1, 0.15) is 83.3 Å². The Kier molecular flexibility index (Phi) is 12.8. The third-order valence-corrected chi connectivity index (χ3v) is 20.5. The molecular weight excluding hydrogens is 949 g/mol. The third-order valence-electron chi connectivity index (χ3n) is 16.3. The molecule has 0 fully saturated rings. The molecular formula is C72H72N2Si2. The van der Waals surface area contributed by atoms with E-state index < -0.39 is 16.1 Å². The molecule has 0 unspecified atom stereocenters. The summed E-state index contributed by atoms with van der Waals surface area (Å²) in [6.45, 7) is 28.3. The quantitative estimate of drug-likeness (QED) is 0.0889. The summed E-state index contributed by atoms with van der Waals surface area (Å²) in [4.78, 5) is 4.83. The first-order chi connectivity index (χ1) is 36.2. The number of nitrogens with zero attached hydrogens (tertiary/aromatic N) is 2. The predicted molar refractivity (Wildman–Crippen MR) is 337 cm³/mol. The molecule has 9 aromatic carbocycles. The van der Waals surface area contributed by atoms with E-state index in [0.29, 0.717) is 0 Å². The van der Waals surface area contributed by atoms with Crippen molar-refractivity contribution >= 4 is 84.9 Å². The first kappa shape index (κ1) is 50.6. The van der Waals surface area contributed by atoms with E-state index in [2.05, 4.69) is 309 Å². The molecule has 2 aliphatic rings. The molecule has 0 saturated carbocycles. The second-order valence-electron chi connectivity index (χ2n) is 24.6. The van der Waals surface area contributed by atoms with E-state index in [0.717, 1.165) is 0 Å². The number of fused-ring (bicyclic) bond motifs is 6. The predicted octanol–water partition coefficient (Wildman–Crippen LogP) is 19.3. The third kappa shape index (κ3) is 9.59. The molecule has 0 bridgehead atoms. The van der Waals surface area contributed by atoms with Crippen LogP contribution < -0.4 is 20.2 Å². The smallest absolute Gasteiger partial charge is 0.0775 e. The molecule has 4 heteroatoms. The lowest BCUT2D eigenvalue weighted by Gasteiger charge is -2.29. The fraction of sp³-hybridized carbons (Fsp3) is 0.194. The van der Waals surface area contributed by atoms with Gasteiger partial charge in [-0.3, -0.25) is 0 Å². The van der Waals surface area contributed by atoms with Crippen LogP contribution in [0.15, 0.2) is 194 Å². The van der Waals surface area contributed by atoms with E-state index in [1.807, 2.05) is 0 Å². The van der Waals surface area contributed by atoms with Crippen LogP contribution in [0, 0.1) is 13.8 Å². The molecule has 0 N–H and O–H groups in total. The van der Waals surface area contributed by atoms with Crippen molar-refractivity contribution in [1.82, 2.24) is 0 Å². The molecule has 0 atom stereocenters. The monoisotopic (exact) mass is 1020 g/mol. The van der Waals surface area contributed by atoms with Crippen molar-refractivity contribution in [1.29, 1.82) is 0 Å². The number of hydrogen-bond donors (Lipinski definition) is 0. The summed E-state index contributed by atoms with van der Waals surface area (Å²) in [7, 11) is -2.86. The van der Waals surface area contributed by atoms with Crippen LogP contribution >= 0.6 is 0 Å². The topological polar surface area (TPSA) is 6.48 Å².